The maximum absolute atomic E-state index is 6.28. The molecule has 0 saturated heterocycles. The van der Waals surface area contributed by atoms with Crippen LogP contribution < -0.4 is 0 Å². The van der Waals surface area contributed by atoms with Crippen molar-refractivity contribution in [3.8, 4) is 0 Å². The molecule has 0 heterocycles. The van der Waals surface area contributed by atoms with Gasteiger partial charge in [0.2, 0.25) is 0 Å². The molecule has 12 heavy (non-hydrogen) atoms. The molecule has 0 bridgehead atoms. The maximum Gasteiger partial charge on any atom is 0.0416 e. The zero-order chi connectivity index (χ0) is 9.83. The van der Waals surface area contributed by atoms with Crippen molar-refractivity contribution < 1.29 is 0 Å². The van der Waals surface area contributed by atoms with Crippen molar-refractivity contribution in [2.45, 2.75) is 65.2 Å². The molecule has 0 nitrogen and oxygen atoms in total. The van der Waals surface area contributed by atoms with Gasteiger partial charge in [-0.2, -0.15) is 0 Å². The molecule has 0 aromatic carbocycles. The molecule has 0 spiro atoms. The second-order valence-electron chi connectivity index (χ2n) is 4.78. The molecule has 0 aliphatic carbocycles. The van der Waals surface area contributed by atoms with Crippen molar-refractivity contribution in [2.24, 2.45) is 5.41 Å². The molecule has 0 radical (unpaired) electrons. The fourth-order valence-electron chi connectivity index (χ4n) is 0.953. The highest BCUT2D eigenvalue weighted by atomic mass is 35.5. The first-order valence-electron chi connectivity index (χ1n) is 5.02. The van der Waals surface area contributed by atoms with E-state index in [0.29, 0.717) is 5.41 Å². The van der Waals surface area contributed by atoms with Gasteiger partial charge in [0.15, 0.2) is 0 Å². The van der Waals surface area contributed by atoms with Gasteiger partial charge in [-0.3, -0.25) is 0 Å². The second-order valence-corrected chi connectivity index (χ2v) is 5.70. The van der Waals surface area contributed by atoms with Crippen LogP contribution in [0.15, 0.2) is 0 Å². The quantitative estimate of drug-likeness (QED) is 0.556. The van der Waals surface area contributed by atoms with Crippen LogP contribution in [0.25, 0.3) is 0 Å². The number of alkyl halides is 1. The molecule has 0 N–H and O–H groups in total. The molecular formula is C11H23Cl. The van der Waals surface area contributed by atoms with E-state index in [1.165, 1.54) is 12.8 Å². The normalized spacial score (nSPS) is 17.5. The van der Waals surface area contributed by atoms with Crippen LogP contribution >= 0.6 is 11.6 Å². The van der Waals surface area contributed by atoms with Crippen molar-refractivity contribution in [1.29, 1.82) is 0 Å². The van der Waals surface area contributed by atoms with Crippen molar-refractivity contribution in [1.82, 2.24) is 0 Å². The van der Waals surface area contributed by atoms with E-state index in [0.717, 1.165) is 12.8 Å². The minimum Gasteiger partial charge on any atom is -0.120 e. The first-order valence-corrected chi connectivity index (χ1v) is 5.40. The van der Waals surface area contributed by atoms with E-state index in [-0.39, 0.29) is 4.87 Å². The predicted octanol–water partition coefficient (Wildman–Crippen LogP) is 4.61. The van der Waals surface area contributed by atoms with Crippen LogP contribution in [0.5, 0.6) is 0 Å². The zero-order valence-corrected chi connectivity index (χ0v) is 9.96. The van der Waals surface area contributed by atoms with E-state index in [4.69, 9.17) is 11.6 Å². The minimum atomic E-state index is 0.0203. The molecule has 1 heteroatoms. The standard InChI is InChI=1S/C11H23Cl/c1-6-10(3,4)8-9-11(5,12)7-2/h6-9H2,1-5H3. The van der Waals surface area contributed by atoms with Crippen molar-refractivity contribution in [3.05, 3.63) is 0 Å². The molecule has 1 atom stereocenters. The van der Waals surface area contributed by atoms with Crippen molar-refractivity contribution in [2.75, 3.05) is 0 Å². The Kier molecular flexibility index (Phi) is 4.61. The maximum atomic E-state index is 6.28. The topological polar surface area (TPSA) is 0 Å². The van der Waals surface area contributed by atoms with Crippen molar-refractivity contribution >= 4 is 11.6 Å². The van der Waals surface area contributed by atoms with E-state index in [9.17, 15) is 0 Å². The van der Waals surface area contributed by atoms with Gasteiger partial charge in [-0.15, -0.1) is 11.6 Å². The first-order chi connectivity index (χ1) is 5.33. The fourth-order valence-corrected chi connectivity index (χ4v) is 1.05. The van der Waals surface area contributed by atoms with Gasteiger partial charge >= 0.3 is 0 Å². The summed E-state index contributed by atoms with van der Waals surface area (Å²) < 4.78 is 0. The lowest BCUT2D eigenvalue weighted by Gasteiger charge is -2.28. The summed E-state index contributed by atoms with van der Waals surface area (Å²) in [4.78, 5) is 0.0203. The summed E-state index contributed by atoms with van der Waals surface area (Å²) in [7, 11) is 0. The highest BCUT2D eigenvalue weighted by Crippen LogP contribution is 2.33. The Labute approximate surface area is 82.7 Å². The summed E-state index contributed by atoms with van der Waals surface area (Å²) in [5.41, 5.74) is 0.464. The van der Waals surface area contributed by atoms with Crippen LogP contribution in [-0.4, -0.2) is 4.87 Å². The Morgan fingerprint density at radius 1 is 0.917 bits per heavy atom. The molecule has 0 aliphatic rings. The minimum absolute atomic E-state index is 0.0203. The molecule has 0 aliphatic heterocycles. The lowest BCUT2D eigenvalue weighted by molar-refractivity contribution is 0.293. The Bertz CT molecular complexity index is 109. The Hall–Kier alpha value is 0.290. The van der Waals surface area contributed by atoms with Gasteiger partial charge < -0.3 is 0 Å². The fraction of sp³-hybridized carbons (Fsp3) is 1.00. The van der Waals surface area contributed by atoms with E-state index < -0.39 is 0 Å². The Morgan fingerprint density at radius 2 is 1.42 bits per heavy atom. The molecular weight excluding hydrogens is 168 g/mol. The first kappa shape index (κ1) is 12.3. The third-order valence-corrected chi connectivity index (χ3v) is 3.47. The molecule has 0 aromatic rings. The zero-order valence-electron chi connectivity index (χ0n) is 9.21. The van der Waals surface area contributed by atoms with Crippen LogP contribution in [0.1, 0.15) is 60.3 Å². The van der Waals surface area contributed by atoms with E-state index in [1.807, 2.05) is 0 Å². The monoisotopic (exact) mass is 190 g/mol. The largest absolute Gasteiger partial charge is 0.120 e. The molecule has 0 amide bonds. The molecule has 0 fully saturated rings. The summed E-state index contributed by atoms with van der Waals surface area (Å²) in [6.45, 7) is 11.2. The van der Waals surface area contributed by atoms with Crippen LogP contribution in [0.2, 0.25) is 0 Å². The van der Waals surface area contributed by atoms with Crippen LogP contribution in [-0.2, 0) is 0 Å². The van der Waals surface area contributed by atoms with Gasteiger partial charge in [0.05, 0.1) is 0 Å². The van der Waals surface area contributed by atoms with Gasteiger partial charge in [-0.25, -0.2) is 0 Å². The smallest absolute Gasteiger partial charge is 0.0416 e. The highest BCUT2D eigenvalue weighted by molar-refractivity contribution is 6.23. The van der Waals surface area contributed by atoms with Gasteiger partial charge in [0, 0.05) is 4.87 Å². The second kappa shape index (κ2) is 4.50. The summed E-state index contributed by atoms with van der Waals surface area (Å²) in [5, 5.41) is 0. The predicted molar refractivity (Wildman–Crippen MR) is 57.9 cm³/mol. The molecule has 1 unspecified atom stereocenters. The van der Waals surface area contributed by atoms with Gasteiger partial charge in [-0.05, 0) is 31.6 Å². The number of hydrogen-bond acceptors (Lipinski definition) is 0. The van der Waals surface area contributed by atoms with E-state index in [2.05, 4.69) is 34.6 Å². The van der Waals surface area contributed by atoms with Gasteiger partial charge in [-0.1, -0.05) is 34.1 Å². The molecule has 0 rings (SSSR count). The van der Waals surface area contributed by atoms with E-state index in [1.54, 1.807) is 0 Å². The number of hydrogen-bond donors (Lipinski definition) is 0. The van der Waals surface area contributed by atoms with Crippen LogP contribution in [0.3, 0.4) is 0 Å². The summed E-state index contributed by atoms with van der Waals surface area (Å²) in [6, 6.07) is 0. The van der Waals surface area contributed by atoms with Crippen molar-refractivity contribution in [3.63, 3.8) is 0 Å². The molecule has 74 valence electrons. The SMILES string of the molecule is CCC(C)(C)CCC(C)(Cl)CC. The lowest BCUT2D eigenvalue weighted by atomic mass is 9.82. The molecule has 0 saturated carbocycles. The van der Waals surface area contributed by atoms with E-state index >= 15 is 0 Å². The molecule has 0 aromatic heterocycles. The lowest BCUT2D eigenvalue weighted by Crippen LogP contribution is -2.19. The van der Waals surface area contributed by atoms with Crippen LogP contribution in [0.4, 0.5) is 0 Å². The van der Waals surface area contributed by atoms with Gasteiger partial charge in [0.25, 0.3) is 0 Å². The average Bonchev–Trinajstić information content (AvgIpc) is 2.02. The number of halogens is 1. The summed E-state index contributed by atoms with van der Waals surface area (Å²) in [6.07, 6.45) is 4.67. The number of rotatable bonds is 5. The summed E-state index contributed by atoms with van der Waals surface area (Å²) in [5.74, 6) is 0. The average molecular weight is 191 g/mol. The summed E-state index contributed by atoms with van der Waals surface area (Å²) >= 11 is 6.28. The third kappa shape index (κ3) is 5.03. The Balaban J connectivity index is 3.82. The Morgan fingerprint density at radius 3 is 1.75 bits per heavy atom. The van der Waals surface area contributed by atoms with Crippen LogP contribution in [0, 0.1) is 5.41 Å². The van der Waals surface area contributed by atoms with Gasteiger partial charge in [0.1, 0.15) is 0 Å². The highest BCUT2D eigenvalue weighted by Gasteiger charge is 2.23. The third-order valence-electron chi connectivity index (χ3n) is 3.02.